The summed E-state index contributed by atoms with van der Waals surface area (Å²) in [6.45, 7) is 1.10. The first-order chi connectivity index (χ1) is 11.7. The van der Waals surface area contributed by atoms with Gasteiger partial charge >= 0.3 is 0 Å². The Morgan fingerprint density at radius 3 is 3.00 bits per heavy atom. The molecule has 126 valence electrons. The van der Waals surface area contributed by atoms with Gasteiger partial charge in [0.1, 0.15) is 15.6 Å². The van der Waals surface area contributed by atoms with Crippen molar-refractivity contribution in [1.82, 2.24) is 10.3 Å². The summed E-state index contributed by atoms with van der Waals surface area (Å²) < 4.78 is 10.8. The van der Waals surface area contributed by atoms with Crippen LogP contribution >= 0.6 is 11.3 Å². The van der Waals surface area contributed by atoms with E-state index in [4.69, 9.17) is 9.47 Å². The second-order valence-corrected chi connectivity index (χ2v) is 6.96. The normalized spacial score (nSPS) is 20.8. The number of hydrogen-bond acceptors (Lipinski definition) is 6. The van der Waals surface area contributed by atoms with Crippen molar-refractivity contribution in [3.05, 3.63) is 45.4 Å². The van der Waals surface area contributed by atoms with Crippen LogP contribution in [0.4, 0.5) is 0 Å². The lowest BCUT2D eigenvalue weighted by atomic mass is 9.87. The molecule has 1 aromatic heterocycles. The van der Waals surface area contributed by atoms with E-state index in [0.29, 0.717) is 28.8 Å². The molecule has 2 heterocycles. The molecule has 6 nitrogen and oxygen atoms in total. The number of hydrogen-bond donors (Lipinski definition) is 2. The molecule has 0 spiro atoms. The first-order valence-electron chi connectivity index (χ1n) is 8.03. The van der Waals surface area contributed by atoms with Crippen LogP contribution in [0.15, 0.2) is 24.4 Å². The van der Waals surface area contributed by atoms with Gasteiger partial charge in [-0.15, -0.1) is 11.3 Å². The Hall–Kier alpha value is -1.96. The molecule has 4 rings (SSSR count). The SMILES string of the molecule is O=C(N[C@@H]1CCCc2c(O)cccc21)c1cnc(C2OCCO2)s1. The van der Waals surface area contributed by atoms with Crippen molar-refractivity contribution in [1.29, 1.82) is 0 Å². The third-order valence-corrected chi connectivity index (χ3v) is 5.38. The van der Waals surface area contributed by atoms with E-state index >= 15 is 0 Å². The number of aromatic nitrogens is 1. The van der Waals surface area contributed by atoms with Gasteiger partial charge in [-0.1, -0.05) is 12.1 Å². The highest BCUT2D eigenvalue weighted by atomic mass is 32.1. The van der Waals surface area contributed by atoms with Gasteiger partial charge in [-0.2, -0.15) is 0 Å². The number of fused-ring (bicyclic) bond motifs is 1. The maximum absolute atomic E-state index is 12.6. The highest BCUT2D eigenvalue weighted by Crippen LogP contribution is 2.35. The molecule has 0 radical (unpaired) electrons. The molecule has 0 unspecified atom stereocenters. The van der Waals surface area contributed by atoms with Crippen molar-refractivity contribution >= 4 is 17.2 Å². The van der Waals surface area contributed by atoms with Crippen LogP contribution in [-0.4, -0.2) is 29.2 Å². The highest BCUT2D eigenvalue weighted by Gasteiger charge is 2.26. The summed E-state index contributed by atoms with van der Waals surface area (Å²) >= 11 is 1.29. The van der Waals surface area contributed by atoms with Crippen LogP contribution in [0.3, 0.4) is 0 Å². The predicted molar refractivity (Wildman–Crippen MR) is 88.0 cm³/mol. The maximum Gasteiger partial charge on any atom is 0.263 e. The van der Waals surface area contributed by atoms with Gasteiger partial charge in [-0.25, -0.2) is 4.98 Å². The molecule has 2 N–H and O–H groups in total. The lowest BCUT2D eigenvalue weighted by Crippen LogP contribution is -2.30. The zero-order valence-corrected chi connectivity index (χ0v) is 13.8. The van der Waals surface area contributed by atoms with Gasteiger partial charge < -0.3 is 19.9 Å². The molecule has 2 aromatic rings. The molecule has 7 heteroatoms. The zero-order chi connectivity index (χ0) is 16.5. The summed E-state index contributed by atoms with van der Waals surface area (Å²) in [5.41, 5.74) is 1.94. The van der Waals surface area contributed by atoms with Crippen molar-refractivity contribution in [2.24, 2.45) is 0 Å². The van der Waals surface area contributed by atoms with E-state index < -0.39 is 6.29 Å². The molecule has 0 saturated carbocycles. The van der Waals surface area contributed by atoms with Crippen LogP contribution in [-0.2, 0) is 15.9 Å². The smallest absolute Gasteiger partial charge is 0.263 e. The summed E-state index contributed by atoms with van der Waals surface area (Å²) in [5, 5.41) is 13.7. The number of rotatable bonds is 3. The molecule has 1 aromatic carbocycles. The lowest BCUT2D eigenvalue weighted by molar-refractivity contribution is -0.0442. The first-order valence-corrected chi connectivity index (χ1v) is 8.84. The van der Waals surface area contributed by atoms with E-state index in [1.54, 1.807) is 12.3 Å². The monoisotopic (exact) mass is 346 g/mol. The number of aromatic hydroxyl groups is 1. The predicted octanol–water partition coefficient (Wildman–Crippen LogP) is 2.70. The molecule has 2 aliphatic rings. The van der Waals surface area contributed by atoms with Crippen LogP contribution in [0.1, 0.15) is 51.0 Å². The number of carbonyl (C=O) groups excluding carboxylic acids is 1. The van der Waals surface area contributed by atoms with Crippen molar-refractivity contribution in [2.45, 2.75) is 31.6 Å². The molecule has 24 heavy (non-hydrogen) atoms. The van der Waals surface area contributed by atoms with Gasteiger partial charge in [0.05, 0.1) is 25.5 Å². The van der Waals surface area contributed by atoms with E-state index in [1.165, 1.54) is 11.3 Å². The minimum absolute atomic E-state index is 0.0853. The molecule has 1 atom stereocenters. The van der Waals surface area contributed by atoms with Crippen LogP contribution in [0.2, 0.25) is 0 Å². The van der Waals surface area contributed by atoms with Crippen molar-refractivity contribution in [3.8, 4) is 5.75 Å². The summed E-state index contributed by atoms with van der Waals surface area (Å²) in [4.78, 5) is 17.3. The Balaban J connectivity index is 1.50. The first kappa shape index (κ1) is 15.6. The number of ether oxygens (including phenoxy) is 2. The third kappa shape index (κ3) is 2.90. The Labute approximate surface area is 143 Å². The number of amides is 1. The lowest BCUT2D eigenvalue weighted by Gasteiger charge is -2.26. The number of benzene rings is 1. The fraction of sp³-hybridized carbons (Fsp3) is 0.412. The Bertz CT molecular complexity index is 755. The summed E-state index contributed by atoms with van der Waals surface area (Å²) in [6, 6.07) is 5.40. The minimum Gasteiger partial charge on any atom is -0.508 e. The molecule has 1 saturated heterocycles. The average Bonchev–Trinajstić information content (AvgIpc) is 3.27. The molecule has 1 aliphatic carbocycles. The Morgan fingerprint density at radius 1 is 1.33 bits per heavy atom. The third-order valence-electron chi connectivity index (χ3n) is 4.36. The fourth-order valence-corrected chi connectivity index (χ4v) is 4.03. The minimum atomic E-state index is -0.455. The second-order valence-electron chi connectivity index (χ2n) is 5.90. The number of nitrogens with zero attached hydrogens (tertiary/aromatic N) is 1. The standard InChI is InChI=1S/C17H18N2O4S/c20-13-6-2-3-10-11(13)4-1-5-12(10)19-15(21)14-9-18-16(24-14)17-22-7-8-23-17/h2-3,6,9,12,17,20H,1,4-5,7-8H2,(H,19,21)/t12-/m1/s1. The molecule has 0 bridgehead atoms. The number of phenols is 1. The van der Waals surface area contributed by atoms with Gasteiger partial charge in [0.25, 0.3) is 5.91 Å². The van der Waals surface area contributed by atoms with Crippen LogP contribution in [0.5, 0.6) is 5.75 Å². The van der Waals surface area contributed by atoms with Crippen LogP contribution in [0.25, 0.3) is 0 Å². The largest absolute Gasteiger partial charge is 0.508 e. The van der Waals surface area contributed by atoms with E-state index in [-0.39, 0.29) is 11.9 Å². The fourth-order valence-electron chi connectivity index (χ4n) is 3.21. The number of thiazole rings is 1. The number of carbonyl (C=O) groups is 1. The van der Waals surface area contributed by atoms with Gasteiger partial charge in [-0.05, 0) is 36.5 Å². The molecule has 1 amide bonds. The van der Waals surface area contributed by atoms with Crippen molar-refractivity contribution < 1.29 is 19.4 Å². The van der Waals surface area contributed by atoms with E-state index in [9.17, 15) is 9.90 Å². The van der Waals surface area contributed by atoms with Gasteiger partial charge in [0.15, 0.2) is 0 Å². The second kappa shape index (κ2) is 6.51. The van der Waals surface area contributed by atoms with E-state index in [1.807, 2.05) is 12.1 Å². The molecular formula is C17H18N2O4S. The Morgan fingerprint density at radius 2 is 2.17 bits per heavy atom. The topological polar surface area (TPSA) is 80.7 Å². The molecule has 1 aliphatic heterocycles. The zero-order valence-electron chi connectivity index (χ0n) is 13.0. The average molecular weight is 346 g/mol. The van der Waals surface area contributed by atoms with Gasteiger partial charge in [0.2, 0.25) is 6.29 Å². The summed E-state index contributed by atoms with van der Waals surface area (Å²) in [7, 11) is 0. The molecule has 1 fully saturated rings. The van der Waals surface area contributed by atoms with E-state index in [0.717, 1.165) is 30.4 Å². The van der Waals surface area contributed by atoms with Crippen LogP contribution < -0.4 is 5.32 Å². The highest BCUT2D eigenvalue weighted by molar-refractivity contribution is 7.13. The summed E-state index contributed by atoms with van der Waals surface area (Å²) in [6.07, 6.45) is 3.75. The quantitative estimate of drug-likeness (QED) is 0.893. The molecular weight excluding hydrogens is 328 g/mol. The number of phenolic OH excluding ortho intramolecular Hbond substituents is 1. The Kier molecular flexibility index (Phi) is 4.22. The van der Waals surface area contributed by atoms with Crippen LogP contribution in [0, 0.1) is 0 Å². The van der Waals surface area contributed by atoms with Gasteiger partial charge in [-0.3, -0.25) is 4.79 Å². The number of nitrogens with one attached hydrogen (secondary N) is 1. The summed E-state index contributed by atoms with van der Waals surface area (Å²) in [5.74, 6) is 0.153. The van der Waals surface area contributed by atoms with E-state index in [2.05, 4.69) is 10.3 Å². The van der Waals surface area contributed by atoms with Crippen molar-refractivity contribution in [3.63, 3.8) is 0 Å². The van der Waals surface area contributed by atoms with Gasteiger partial charge in [0, 0.05) is 0 Å². The maximum atomic E-state index is 12.6. The van der Waals surface area contributed by atoms with Crippen molar-refractivity contribution in [2.75, 3.05) is 13.2 Å².